The van der Waals surface area contributed by atoms with Gasteiger partial charge in [-0.15, -0.1) is 0 Å². The molecular weight excluding hydrogens is 539 g/mol. The van der Waals surface area contributed by atoms with Crippen LogP contribution in [0.2, 0.25) is 0 Å². The number of hydrogen-bond donors (Lipinski definition) is 2. The molecular formula is C18H21IN6O3S2. The molecule has 3 N–H and O–H groups in total. The molecule has 2 aromatic heterocycles. The van der Waals surface area contributed by atoms with Crippen molar-refractivity contribution in [2.45, 2.75) is 36.4 Å². The fourth-order valence-corrected chi connectivity index (χ4v) is 6.11. The van der Waals surface area contributed by atoms with Gasteiger partial charge in [0.25, 0.3) is 0 Å². The summed E-state index contributed by atoms with van der Waals surface area (Å²) in [5.41, 5.74) is 8.29. The van der Waals surface area contributed by atoms with Crippen molar-refractivity contribution in [2.24, 2.45) is 0 Å². The first kappa shape index (κ1) is 21.6. The van der Waals surface area contributed by atoms with E-state index < -0.39 is 10.0 Å². The van der Waals surface area contributed by atoms with Crippen molar-refractivity contribution in [1.82, 2.24) is 24.2 Å². The van der Waals surface area contributed by atoms with Gasteiger partial charge in [-0.25, -0.2) is 28.1 Å². The molecule has 0 radical (unpaired) electrons. The molecule has 0 spiro atoms. The van der Waals surface area contributed by atoms with Crippen LogP contribution in [0.5, 0.6) is 5.75 Å². The van der Waals surface area contributed by atoms with Crippen LogP contribution < -0.4 is 15.2 Å². The minimum Gasteiger partial charge on any atom is -0.493 e. The van der Waals surface area contributed by atoms with Crippen LogP contribution in [0.4, 0.5) is 5.82 Å². The lowest BCUT2D eigenvalue weighted by Crippen LogP contribution is -2.29. The molecule has 9 nitrogen and oxygen atoms in total. The summed E-state index contributed by atoms with van der Waals surface area (Å²) in [6, 6.07) is 4.16. The lowest BCUT2D eigenvalue weighted by Gasteiger charge is -2.11. The topological polar surface area (TPSA) is 125 Å². The van der Waals surface area contributed by atoms with Crippen LogP contribution in [0, 0.1) is 3.57 Å². The van der Waals surface area contributed by atoms with Gasteiger partial charge < -0.3 is 15.0 Å². The first-order valence-electron chi connectivity index (χ1n) is 9.45. The van der Waals surface area contributed by atoms with Gasteiger partial charge in [0.05, 0.1) is 12.4 Å². The number of hydrogen-bond acceptors (Lipinski definition) is 8. The number of imidazole rings is 1. The summed E-state index contributed by atoms with van der Waals surface area (Å²) in [6.07, 6.45) is 2.87. The number of anilines is 1. The highest BCUT2D eigenvalue weighted by molar-refractivity contribution is 14.1. The summed E-state index contributed by atoms with van der Waals surface area (Å²) in [5, 5.41) is 0.669. The van der Waals surface area contributed by atoms with E-state index in [2.05, 4.69) is 48.3 Å². The molecule has 1 aliphatic heterocycles. The maximum absolute atomic E-state index is 12.0. The number of benzene rings is 1. The Morgan fingerprint density at radius 1 is 1.37 bits per heavy atom. The molecule has 0 atom stereocenters. The number of nitrogens with zero attached hydrogens (tertiary/aromatic N) is 4. The van der Waals surface area contributed by atoms with E-state index in [1.54, 1.807) is 0 Å². The summed E-state index contributed by atoms with van der Waals surface area (Å²) >= 11 is 3.78. The minimum atomic E-state index is -3.30. The Kier molecular flexibility index (Phi) is 6.36. The van der Waals surface area contributed by atoms with Crippen LogP contribution in [-0.2, 0) is 23.0 Å². The van der Waals surface area contributed by atoms with Gasteiger partial charge >= 0.3 is 0 Å². The monoisotopic (exact) mass is 560 g/mol. The van der Waals surface area contributed by atoms with E-state index in [1.807, 2.05) is 17.6 Å². The molecule has 0 aliphatic carbocycles. The third kappa shape index (κ3) is 4.50. The van der Waals surface area contributed by atoms with E-state index in [0.717, 1.165) is 20.6 Å². The maximum Gasteiger partial charge on any atom is 0.211 e. The van der Waals surface area contributed by atoms with Crippen LogP contribution in [-0.4, -0.2) is 46.8 Å². The predicted molar refractivity (Wildman–Crippen MR) is 124 cm³/mol. The molecule has 12 heteroatoms. The number of nitrogens with one attached hydrogen (secondary N) is 1. The first-order valence-corrected chi connectivity index (χ1v) is 13.0. The molecule has 0 fully saturated rings. The Hall–Kier alpha value is -1.64. The van der Waals surface area contributed by atoms with E-state index in [0.29, 0.717) is 41.7 Å². The molecule has 0 bridgehead atoms. The highest BCUT2D eigenvalue weighted by Gasteiger charge is 2.20. The Balaban J connectivity index is 1.66. The average Bonchev–Trinajstić information content (AvgIpc) is 3.27. The summed E-state index contributed by atoms with van der Waals surface area (Å²) in [7, 11) is -3.30. The first-order chi connectivity index (χ1) is 14.4. The Bertz CT molecular complexity index is 1200. The largest absolute Gasteiger partial charge is 0.493 e. The predicted octanol–water partition coefficient (Wildman–Crippen LogP) is 2.43. The molecule has 0 saturated carbocycles. The molecule has 1 aliphatic rings. The fraction of sp³-hybridized carbons (Fsp3) is 0.389. The van der Waals surface area contributed by atoms with E-state index in [4.69, 9.17) is 10.5 Å². The zero-order chi connectivity index (χ0) is 21.3. The highest BCUT2D eigenvalue weighted by Crippen LogP contribution is 2.38. The summed E-state index contributed by atoms with van der Waals surface area (Å²) < 4.78 is 35.3. The summed E-state index contributed by atoms with van der Waals surface area (Å²) in [5.74, 6) is 1.29. The van der Waals surface area contributed by atoms with E-state index in [9.17, 15) is 8.42 Å². The fourth-order valence-electron chi connectivity index (χ4n) is 3.22. The normalized spacial score (nSPS) is 13.5. The van der Waals surface area contributed by atoms with Crippen molar-refractivity contribution >= 4 is 61.4 Å². The van der Waals surface area contributed by atoms with E-state index >= 15 is 0 Å². The van der Waals surface area contributed by atoms with Crippen molar-refractivity contribution in [2.75, 3.05) is 24.6 Å². The van der Waals surface area contributed by atoms with Gasteiger partial charge in [0, 0.05) is 28.0 Å². The smallest absolute Gasteiger partial charge is 0.211 e. The van der Waals surface area contributed by atoms with Gasteiger partial charge in [-0.1, -0.05) is 18.7 Å². The number of fused-ring (bicyclic) bond motifs is 2. The van der Waals surface area contributed by atoms with Crippen LogP contribution >= 0.6 is 34.4 Å². The van der Waals surface area contributed by atoms with E-state index in [1.165, 1.54) is 23.7 Å². The van der Waals surface area contributed by atoms with E-state index in [-0.39, 0.29) is 12.3 Å². The molecule has 30 heavy (non-hydrogen) atoms. The van der Waals surface area contributed by atoms with Crippen molar-refractivity contribution in [3.8, 4) is 5.75 Å². The standard InChI is InChI=1S/C18H21IN6O3S2/c1-2-7-30(26,27)23-4-5-25-17-15(16(20)21-10-22-17)24-18(25)29-14-9-13-11(3-6-28-13)8-12(14)19/h8-10,23H,2-7H2,1H3,(H2,20,21,22). The van der Waals surface area contributed by atoms with Crippen LogP contribution in [0.25, 0.3) is 11.2 Å². The number of aromatic nitrogens is 4. The SMILES string of the molecule is CCCS(=O)(=O)NCCn1c(Sc2cc3c(cc2I)CCO3)nc2c(N)ncnc21. The van der Waals surface area contributed by atoms with Gasteiger partial charge in [0.2, 0.25) is 10.0 Å². The second-order valence-corrected chi connectivity index (χ2v) is 10.9. The molecule has 0 saturated heterocycles. The summed E-state index contributed by atoms with van der Waals surface area (Å²) in [4.78, 5) is 14.0. The third-order valence-electron chi connectivity index (χ3n) is 4.60. The zero-order valence-corrected chi connectivity index (χ0v) is 20.1. The van der Waals surface area contributed by atoms with Crippen molar-refractivity contribution in [1.29, 1.82) is 0 Å². The van der Waals surface area contributed by atoms with Gasteiger partial charge in [0.15, 0.2) is 22.1 Å². The van der Waals surface area contributed by atoms with Gasteiger partial charge in [-0.05, 0) is 46.7 Å². The molecule has 3 heterocycles. The minimum absolute atomic E-state index is 0.0989. The second kappa shape index (κ2) is 8.85. The van der Waals surface area contributed by atoms with Crippen LogP contribution in [0.1, 0.15) is 18.9 Å². The molecule has 0 amide bonds. The van der Waals surface area contributed by atoms with Gasteiger partial charge in [0.1, 0.15) is 12.1 Å². The quantitative estimate of drug-likeness (QED) is 0.403. The second-order valence-electron chi connectivity index (χ2n) is 6.78. The summed E-state index contributed by atoms with van der Waals surface area (Å²) in [6.45, 7) is 3.13. The zero-order valence-electron chi connectivity index (χ0n) is 16.3. The number of rotatable bonds is 8. The molecule has 3 aromatic rings. The maximum atomic E-state index is 12.0. The lowest BCUT2D eigenvalue weighted by atomic mass is 10.2. The number of nitrogens with two attached hydrogens (primary N) is 1. The lowest BCUT2D eigenvalue weighted by molar-refractivity contribution is 0.356. The molecule has 160 valence electrons. The highest BCUT2D eigenvalue weighted by atomic mass is 127. The van der Waals surface area contributed by atoms with Crippen molar-refractivity contribution in [3.05, 3.63) is 27.6 Å². The van der Waals surface area contributed by atoms with Crippen molar-refractivity contribution in [3.63, 3.8) is 0 Å². The molecule has 0 unspecified atom stereocenters. The molecule has 4 rings (SSSR count). The van der Waals surface area contributed by atoms with Gasteiger partial charge in [-0.3, -0.25) is 0 Å². The average molecular weight is 560 g/mol. The Morgan fingerprint density at radius 2 is 2.20 bits per heavy atom. The number of halogens is 1. The number of ether oxygens (including phenoxy) is 1. The Labute approximate surface area is 192 Å². The Morgan fingerprint density at radius 3 is 3.00 bits per heavy atom. The van der Waals surface area contributed by atoms with Crippen LogP contribution in [0.3, 0.4) is 0 Å². The van der Waals surface area contributed by atoms with Crippen LogP contribution in [0.15, 0.2) is 28.5 Å². The molecule has 1 aromatic carbocycles. The number of sulfonamides is 1. The van der Waals surface area contributed by atoms with Gasteiger partial charge in [-0.2, -0.15) is 0 Å². The number of nitrogen functional groups attached to an aromatic ring is 1. The van der Waals surface area contributed by atoms with Crippen molar-refractivity contribution < 1.29 is 13.2 Å². The third-order valence-corrected chi connectivity index (χ3v) is 8.50.